The molecule has 0 amide bonds. The predicted molar refractivity (Wildman–Crippen MR) is 66.9 cm³/mol. The van der Waals surface area contributed by atoms with Crippen LogP contribution in [0, 0.1) is 52.0 Å². The maximum atomic E-state index is 2.00. The van der Waals surface area contributed by atoms with Crippen LogP contribution in [0.4, 0.5) is 0 Å². The Bertz CT molecular complexity index is 61.6. The van der Waals surface area contributed by atoms with Gasteiger partial charge in [0.05, 0.1) is 0 Å². The molecule has 0 saturated carbocycles. The van der Waals surface area contributed by atoms with Crippen LogP contribution in [-0.4, -0.2) is 0 Å². The first-order valence-electron chi connectivity index (χ1n) is 1.67. The molecule has 0 N–H and O–H groups in total. The van der Waals surface area contributed by atoms with Crippen LogP contribution in [0.2, 0.25) is 0 Å². The molecule has 1 rings (SSSR count). The largest absolute Gasteiger partial charge is 0.358 e. The first-order valence-corrected chi connectivity index (χ1v) is 1.67. The van der Waals surface area contributed by atoms with E-state index in [0.717, 1.165) is 0 Å². The van der Waals surface area contributed by atoms with Crippen LogP contribution in [0.25, 0.3) is 0 Å². The van der Waals surface area contributed by atoms with Crippen molar-refractivity contribution >= 4 is 0 Å². The van der Waals surface area contributed by atoms with Crippen LogP contribution in [-0.2, 0) is 20.1 Å². The molecule has 1 aromatic rings. The normalized spacial score (nSPS) is 3.08. The molecule has 13 heavy (non-hydrogen) atoms. The number of rotatable bonds is 0. The summed E-state index contributed by atoms with van der Waals surface area (Å²) in [5.74, 6) is 0. The third-order valence-corrected chi connectivity index (χ3v) is 0.556. The fraction of sp³-hybridized carbons (Fsp3) is 0. The molecule has 0 heterocycles. The topological polar surface area (TPSA) is 0 Å². The molecule has 1 aromatic carbocycles. The maximum absolute atomic E-state index is 2.00. The molecule has 0 aliphatic rings. The zero-order valence-electron chi connectivity index (χ0n) is 10.2. The predicted octanol–water partition coefficient (Wildman–Crippen LogP) is 4.56. The smallest absolute Gasteiger partial charge is 0 e. The van der Waals surface area contributed by atoms with Gasteiger partial charge >= 0.3 is 0 Å². The summed E-state index contributed by atoms with van der Waals surface area (Å²) in [6.07, 6.45) is 0. The quantitative estimate of drug-likeness (QED) is 0.594. The van der Waals surface area contributed by atoms with E-state index in [-0.39, 0.29) is 72.1 Å². The van der Waals surface area contributed by atoms with Gasteiger partial charge in [-0.05, 0) is 0 Å². The van der Waals surface area contributed by atoms with Crippen LogP contribution < -0.4 is 0 Å². The Balaban J connectivity index is -0.00000000521. The minimum atomic E-state index is 0. The first-order chi connectivity index (χ1) is 2.50. The van der Waals surface area contributed by atoms with Gasteiger partial charge in [0.15, 0.2) is 0 Å². The maximum Gasteiger partial charge on any atom is 0 e. The molecule has 0 aliphatic carbocycles. The zero-order chi connectivity index (χ0) is 3.54. The Kier molecular flexibility index (Phi) is 335. The van der Waals surface area contributed by atoms with Crippen molar-refractivity contribution in [1.82, 2.24) is 0 Å². The first kappa shape index (κ1) is 74.9. The van der Waals surface area contributed by atoms with Crippen molar-refractivity contribution in [2.75, 3.05) is 0 Å². The average Bonchev–Trinajstić information content (AvgIpc) is 1.76. The Morgan fingerprint density at radius 2 is 0.769 bits per heavy atom. The van der Waals surface area contributed by atoms with Crippen LogP contribution in [0.1, 0.15) is 0 Å². The van der Waals surface area contributed by atoms with E-state index in [9.17, 15) is 0 Å². The van der Waals surface area contributed by atoms with E-state index in [1.807, 2.05) is 30.3 Å². The third kappa shape index (κ3) is 48.0. The molecule has 0 atom stereocenters. The minimum Gasteiger partial charge on any atom is -0.358 e. The van der Waals surface area contributed by atoms with E-state index < -0.39 is 0 Å². The van der Waals surface area contributed by atoms with Crippen LogP contribution >= 0.6 is 0 Å². The van der Waals surface area contributed by atoms with Gasteiger partial charge in [0.2, 0.25) is 0 Å². The average molecular weight is 363 g/mol. The second-order valence-corrected chi connectivity index (χ2v) is 0.962. The van der Waals surface area contributed by atoms with Crippen molar-refractivity contribution in [2.45, 2.75) is 0 Å². The van der Waals surface area contributed by atoms with Crippen LogP contribution in [0.5, 0.6) is 0 Å². The van der Waals surface area contributed by atoms with E-state index >= 15 is 0 Å². The molecule has 0 nitrogen and oxygen atoms in total. The Hall–Kier alpha value is -0.000649. The van der Waals surface area contributed by atoms with Crippen molar-refractivity contribution < 1.29 is 20.1 Å². The van der Waals surface area contributed by atoms with Gasteiger partial charge in [0.1, 0.15) is 0 Å². The molecule has 1 radical (unpaired) electrons. The molecule has 0 aromatic heterocycles. The summed E-state index contributed by atoms with van der Waals surface area (Å²) < 4.78 is 0. The molecular formula is C12H26Ir-8. The van der Waals surface area contributed by atoms with Gasteiger partial charge in [-0.25, -0.2) is 12.1 Å². The van der Waals surface area contributed by atoms with Crippen molar-refractivity contribution in [1.29, 1.82) is 0 Å². The van der Waals surface area contributed by atoms with E-state index in [0.29, 0.717) is 0 Å². The Morgan fingerprint density at radius 3 is 0.846 bits per heavy atom. The van der Waals surface area contributed by atoms with E-state index in [4.69, 9.17) is 0 Å². The standard InChI is InChI=1S/C5H5.7CH3.Ir/c1-2-4-5-3-1;;;;;;;;/h1-5H;7*1H3;/q8*-1;. The van der Waals surface area contributed by atoms with Crippen molar-refractivity contribution in [2.24, 2.45) is 0 Å². The monoisotopic (exact) mass is 363 g/mol. The molecule has 1 heteroatoms. The van der Waals surface area contributed by atoms with Crippen molar-refractivity contribution in [3.8, 4) is 0 Å². The SMILES string of the molecule is [CH3-].[CH3-].[CH3-].[CH3-].[CH3-].[CH3-].[CH3-].[Ir].c1cc[cH-]c1. The van der Waals surface area contributed by atoms with E-state index in [1.54, 1.807) is 0 Å². The van der Waals surface area contributed by atoms with Crippen LogP contribution in [0.3, 0.4) is 0 Å². The minimum absolute atomic E-state index is 0. The fourth-order valence-electron chi connectivity index (χ4n) is 0.321. The summed E-state index contributed by atoms with van der Waals surface area (Å²) in [6, 6.07) is 10.0. The van der Waals surface area contributed by atoms with Gasteiger partial charge in [-0.15, -0.1) is 0 Å². The molecule has 0 spiro atoms. The second kappa shape index (κ2) is 58.1. The number of hydrogen-bond donors (Lipinski definition) is 0. The summed E-state index contributed by atoms with van der Waals surface area (Å²) in [4.78, 5) is 0. The van der Waals surface area contributed by atoms with Gasteiger partial charge in [-0.3, -0.25) is 0 Å². The van der Waals surface area contributed by atoms with Gasteiger partial charge < -0.3 is 52.0 Å². The zero-order valence-corrected chi connectivity index (χ0v) is 12.6. The summed E-state index contributed by atoms with van der Waals surface area (Å²) in [5.41, 5.74) is 0. The molecule has 0 bridgehead atoms. The summed E-state index contributed by atoms with van der Waals surface area (Å²) in [7, 11) is 0. The van der Waals surface area contributed by atoms with Gasteiger partial charge in [-0.2, -0.15) is 18.2 Å². The Labute approximate surface area is 102 Å². The van der Waals surface area contributed by atoms with Crippen molar-refractivity contribution in [3.63, 3.8) is 0 Å². The molecule has 0 unspecified atom stereocenters. The van der Waals surface area contributed by atoms with Gasteiger partial charge in [0.25, 0.3) is 0 Å². The molecular weight excluding hydrogens is 336 g/mol. The van der Waals surface area contributed by atoms with Gasteiger partial charge in [0, 0.05) is 20.1 Å². The second-order valence-electron chi connectivity index (χ2n) is 0.962. The summed E-state index contributed by atoms with van der Waals surface area (Å²) >= 11 is 0. The molecule has 91 valence electrons. The van der Waals surface area contributed by atoms with E-state index in [2.05, 4.69) is 0 Å². The molecule has 0 fully saturated rings. The summed E-state index contributed by atoms with van der Waals surface area (Å²) in [5, 5.41) is 0. The third-order valence-electron chi connectivity index (χ3n) is 0.556. The van der Waals surface area contributed by atoms with Crippen LogP contribution in [0.15, 0.2) is 30.3 Å². The van der Waals surface area contributed by atoms with Crippen molar-refractivity contribution in [3.05, 3.63) is 82.3 Å². The molecule has 0 saturated heterocycles. The van der Waals surface area contributed by atoms with Gasteiger partial charge in [-0.1, -0.05) is 0 Å². The van der Waals surface area contributed by atoms with E-state index in [1.165, 1.54) is 0 Å². The number of hydrogen-bond acceptors (Lipinski definition) is 0. The molecule has 0 aliphatic heterocycles. The fourth-order valence-corrected chi connectivity index (χ4v) is 0.321. The Morgan fingerprint density at radius 1 is 0.538 bits per heavy atom. The summed E-state index contributed by atoms with van der Waals surface area (Å²) in [6.45, 7) is 0.